The number of alkyl halides is 1. The second kappa shape index (κ2) is 7.69. The van der Waals surface area contributed by atoms with Gasteiger partial charge in [-0.15, -0.1) is 0 Å². The molecule has 0 saturated carbocycles. The van der Waals surface area contributed by atoms with E-state index < -0.39 is 0 Å². The van der Waals surface area contributed by atoms with Crippen LogP contribution in [0, 0.1) is 0 Å². The summed E-state index contributed by atoms with van der Waals surface area (Å²) in [6.07, 6.45) is 4.09. The molecule has 0 fully saturated rings. The van der Waals surface area contributed by atoms with Crippen LogP contribution < -0.4 is 5.32 Å². The molecule has 0 unspecified atom stereocenters. The van der Waals surface area contributed by atoms with Crippen molar-refractivity contribution >= 4 is 22.6 Å². The summed E-state index contributed by atoms with van der Waals surface area (Å²) >= 11 is 2.42. The smallest absolute Gasteiger partial charge is 0.000472 e. The summed E-state index contributed by atoms with van der Waals surface area (Å²) in [4.78, 5) is 0. The normalized spacial score (nSPS) is 9.75. The highest BCUT2D eigenvalue weighted by molar-refractivity contribution is 14.1. The van der Waals surface area contributed by atoms with Crippen LogP contribution in [0.1, 0.15) is 19.3 Å². The number of hydrogen-bond acceptors (Lipinski definition) is 1. The molecule has 0 atom stereocenters. The minimum Gasteiger partial charge on any atom is -0.320 e. The minimum atomic E-state index is 1.18. The van der Waals surface area contributed by atoms with E-state index >= 15 is 0 Å². The Kier molecular flexibility index (Phi) is 8.35. The molecule has 0 aliphatic heterocycles. The molecule has 0 saturated heterocycles. The van der Waals surface area contributed by atoms with Gasteiger partial charge < -0.3 is 5.32 Å². The van der Waals surface area contributed by atoms with Gasteiger partial charge in [0.05, 0.1) is 0 Å². The molecule has 0 aromatic heterocycles. The van der Waals surface area contributed by atoms with E-state index in [0.717, 1.165) is 0 Å². The summed E-state index contributed by atoms with van der Waals surface area (Å²) in [5, 5.41) is 3.12. The van der Waals surface area contributed by atoms with Crippen LogP contribution in [-0.2, 0) is 0 Å². The number of halogens is 1. The molecule has 50 valence electrons. The molecule has 2 heteroatoms. The molecule has 0 amide bonds. The van der Waals surface area contributed by atoms with Gasteiger partial charge in [0, 0.05) is 0 Å². The lowest BCUT2D eigenvalue weighted by Gasteiger charge is -1.95. The first kappa shape index (κ1) is 8.69. The summed E-state index contributed by atoms with van der Waals surface area (Å²) in [5.41, 5.74) is 0. The van der Waals surface area contributed by atoms with E-state index in [2.05, 4.69) is 27.9 Å². The molecule has 0 aromatic carbocycles. The Morgan fingerprint density at radius 3 is 2.50 bits per heavy atom. The number of nitrogens with one attached hydrogen (secondary N) is 1. The zero-order chi connectivity index (χ0) is 6.24. The fourth-order valence-corrected chi connectivity index (χ4v) is 1.11. The van der Waals surface area contributed by atoms with Crippen LogP contribution in [0.25, 0.3) is 0 Å². The monoisotopic (exact) mass is 227 g/mol. The highest BCUT2D eigenvalue weighted by Crippen LogP contribution is 1.96. The lowest BCUT2D eigenvalue weighted by molar-refractivity contribution is 0.672. The maximum Gasteiger partial charge on any atom is -0.000472 e. The van der Waals surface area contributed by atoms with Crippen molar-refractivity contribution < 1.29 is 0 Å². The predicted octanol–water partition coefficient (Wildman–Crippen LogP) is 1.81. The first-order valence-corrected chi connectivity index (χ1v) is 4.65. The molecule has 1 nitrogen and oxygen atoms in total. The van der Waals surface area contributed by atoms with Crippen molar-refractivity contribution in [1.82, 2.24) is 5.32 Å². The van der Waals surface area contributed by atoms with E-state index in [1.165, 1.54) is 30.2 Å². The third kappa shape index (κ3) is 6.69. The van der Waals surface area contributed by atoms with E-state index in [1.54, 1.807) is 0 Å². The van der Waals surface area contributed by atoms with Crippen LogP contribution in [0.2, 0.25) is 0 Å². The van der Waals surface area contributed by atoms with E-state index in [4.69, 9.17) is 0 Å². The van der Waals surface area contributed by atoms with Crippen LogP contribution in [0.15, 0.2) is 0 Å². The molecule has 0 aromatic rings. The van der Waals surface area contributed by atoms with Crippen molar-refractivity contribution in [3.63, 3.8) is 0 Å². The highest BCUT2D eigenvalue weighted by atomic mass is 127. The third-order valence-electron chi connectivity index (χ3n) is 1.06. The highest BCUT2D eigenvalue weighted by Gasteiger charge is 1.83. The molecule has 1 N–H and O–H groups in total. The fraction of sp³-hybridized carbons (Fsp3) is 1.00. The minimum absolute atomic E-state index is 1.18. The van der Waals surface area contributed by atoms with Gasteiger partial charge >= 0.3 is 0 Å². The molecule has 0 radical (unpaired) electrons. The van der Waals surface area contributed by atoms with Gasteiger partial charge in [0.1, 0.15) is 0 Å². The van der Waals surface area contributed by atoms with Gasteiger partial charge in [-0.3, -0.25) is 0 Å². The molecule has 0 heterocycles. The first-order valence-electron chi connectivity index (χ1n) is 3.12. The zero-order valence-corrected chi connectivity index (χ0v) is 7.57. The van der Waals surface area contributed by atoms with Crippen molar-refractivity contribution in [3.05, 3.63) is 0 Å². The van der Waals surface area contributed by atoms with Gasteiger partial charge in [-0.25, -0.2) is 0 Å². The standard InChI is InChI=1S/C6H14IN/c1-8-6-4-2-3-5-7/h8H,2-6H2,1H3. The maximum atomic E-state index is 3.12. The quantitative estimate of drug-likeness (QED) is 0.429. The van der Waals surface area contributed by atoms with Crippen molar-refractivity contribution in [1.29, 1.82) is 0 Å². The van der Waals surface area contributed by atoms with Crippen LogP contribution in [0.4, 0.5) is 0 Å². The van der Waals surface area contributed by atoms with Crippen molar-refractivity contribution in [3.8, 4) is 0 Å². The zero-order valence-electron chi connectivity index (χ0n) is 5.41. The average molecular weight is 227 g/mol. The van der Waals surface area contributed by atoms with Crippen molar-refractivity contribution in [2.45, 2.75) is 19.3 Å². The predicted molar refractivity (Wildman–Crippen MR) is 46.7 cm³/mol. The SMILES string of the molecule is CNCCCCCI. The molecule has 0 aliphatic rings. The van der Waals surface area contributed by atoms with Gasteiger partial charge in [0.2, 0.25) is 0 Å². The second-order valence-corrected chi connectivity index (χ2v) is 2.93. The van der Waals surface area contributed by atoms with Crippen molar-refractivity contribution in [2.24, 2.45) is 0 Å². The summed E-state index contributed by atoms with van der Waals surface area (Å²) in [7, 11) is 2.00. The first-order chi connectivity index (χ1) is 3.91. The molecule has 0 spiro atoms. The van der Waals surface area contributed by atoms with Crippen molar-refractivity contribution in [2.75, 3.05) is 18.0 Å². The Bertz CT molecular complexity index is 33.5. The number of hydrogen-bond donors (Lipinski definition) is 1. The molecular weight excluding hydrogens is 213 g/mol. The summed E-state index contributed by atoms with van der Waals surface area (Å²) in [6.45, 7) is 1.18. The Balaban J connectivity index is 2.53. The molecule has 8 heavy (non-hydrogen) atoms. The lowest BCUT2D eigenvalue weighted by Crippen LogP contribution is -2.06. The van der Waals surface area contributed by atoms with E-state index in [-0.39, 0.29) is 0 Å². The number of unbranched alkanes of at least 4 members (excludes halogenated alkanes) is 2. The van der Waals surface area contributed by atoms with Gasteiger partial charge in [-0.05, 0) is 30.9 Å². The number of rotatable bonds is 5. The van der Waals surface area contributed by atoms with E-state index in [0.29, 0.717) is 0 Å². The molecular formula is C6H14IN. The van der Waals surface area contributed by atoms with E-state index in [9.17, 15) is 0 Å². The summed E-state index contributed by atoms with van der Waals surface area (Å²) in [5.74, 6) is 0. The van der Waals surface area contributed by atoms with Gasteiger partial charge in [-0.2, -0.15) is 0 Å². The lowest BCUT2D eigenvalue weighted by atomic mass is 10.2. The molecule has 0 bridgehead atoms. The fourth-order valence-electron chi connectivity index (χ4n) is 0.573. The van der Waals surface area contributed by atoms with Crippen LogP contribution >= 0.6 is 22.6 Å². The molecule has 0 aliphatic carbocycles. The van der Waals surface area contributed by atoms with Crippen LogP contribution in [0.3, 0.4) is 0 Å². The van der Waals surface area contributed by atoms with Gasteiger partial charge in [-0.1, -0.05) is 29.0 Å². The molecule has 0 rings (SSSR count). The van der Waals surface area contributed by atoms with Crippen LogP contribution in [-0.4, -0.2) is 18.0 Å². The topological polar surface area (TPSA) is 12.0 Å². The Morgan fingerprint density at radius 2 is 2.00 bits per heavy atom. The van der Waals surface area contributed by atoms with Gasteiger partial charge in [0.15, 0.2) is 0 Å². The Hall–Kier alpha value is 0.690. The average Bonchev–Trinajstić information content (AvgIpc) is 1.81. The second-order valence-electron chi connectivity index (χ2n) is 1.85. The largest absolute Gasteiger partial charge is 0.320 e. The van der Waals surface area contributed by atoms with Gasteiger partial charge in [0.25, 0.3) is 0 Å². The van der Waals surface area contributed by atoms with E-state index in [1.807, 2.05) is 7.05 Å². The van der Waals surface area contributed by atoms with Crippen LogP contribution in [0.5, 0.6) is 0 Å². The Morgan fingerprint density at radius 1 is 1.25 bits per heavy atom. The summed E-state index contributed by atoms with van der Waals surface area (Å²) in [6, 6.07) is 0. The maximum absolute atomic E-state index is 3.12. The Labute approximate surface area is 65.4 Å². The third-order valence-corrected chi connectivity index (χ3v) is 1.82. The summed E-state index contributed by atoms with van der Waals surface area (Å²) < 4.78 is 1.31.